The summed E-state index contributed by atoms with van der Waals surface area (Å²) < 4.78 is 0. The second-order valence-corrected chi connectivity index (χ2v) is 2.90. The summed E-state index contributed by atoms with van der Waals surface area (Å²) in [6.07, 6.45) is 0. The van der Waals surface area contributed by atoms with Gasteiger partial charge < -0.3 is 16.0 Å². The van der Waals surface area contributed by atoms with E-state index in [4.69, 9.17) is 5.73 Å². The Morgan fingerprint density at radius 3 is 2.33 bits per heavy atom. The molecule has 0 saturated heterocycles. The average molecular weight is 173 g/mol. The fourth-order valence-electron chi connectivity index (χ4n) is 1.16. The zero-order valence-corrected chi connectivity index (χ0v) is 8.13. The van der Waals surface area contributed by atoms with E-state index in [0.717, 1.165) is 19.6 Å². The highest BCUT2D eigenvalue weighted by Gasteiger charge is 2.07. The van der Waals surface area contributed by atoms with Crippen LogP contribution >= 0.6 is 0 Å². The molecule has 0 saturated carbocycles. The molecule has 72 valence electrons. The Morgan fingerprint density at radius 1 is 1.50 bits per heavy atom. The number of carbonyl (C=O) groups is 1. The molecule has 0 bridgehead atoms. The van der Waals surface area contributed by atoms with Crippen LogP contribution in [0.3, 0.4) is 0 Å². The summed E-state index contributed by atoms with van der Waals surface area (Å²) in [5.74, 6) is 0. The molecule has 1 atom stereocenters. The normalized spacial score (nSPS) is 13.0. The van der Waals surface area contributed by atoms with E-state index in [9.17, 15) is 4.79 Å². The predicted molar refractivity (Wildman–Crippen MR) is 50.0 cm³/mol. The lowest BCUT2D eigenvalue weighted by molar-refractivity contribution is 0.235. The van der Waals surface area contributed by atoms with Crippen molar-refractivity contribution in [3.63, 3.8) is 0 Å². The standard InChI is InChI=1S/C8H19N3O/c1-4-11(5-2)6-7(3)10-8(9)12/h7H,4-6H2,1-3H3,(H3,9,10,12). The minimum absolute atomic E-state index is 0.127. The summed E-state index contributed by atoms with van der Waals surface area (Å²) in [5.41, 5.74) is 4.98. The van der Waals surface area contributed by atoms with E-state index < -0.39 is 6.03 Å². The van der Waals surface area contributed by atoms with E-state index >= 15 is 0 Å². The summed E-state index contributed by atoms with van der Waals surface area (Å²) in [7, 11) is 0. The van der Waals surface area contributed by atoms with Crippen LogP contribution in [0.2, 0.25) is 0 Å². The lowest BCUT2D eigenvalue weighted by atomic mass is 10.3. The lowest BCUT2D eigenvalue weighted by Gasteiger charge is -2.22. The number of likely N-dealkylation sites (N-methyl/N-ethyl adjacent to an activating group) is 1. The fraction of sp³-hybridized carbons (Fsp3) is 0.875. The summed E-state index contributed by atoms with van der Waals surface area (Å²) in [6.45, 7) is 9.00. The van der Waals surface area contributed by atoms with Crippen molar-refractivity contribution in [3.05, 3.63) is 0 Å². The topological polar surface area (TPSA) is 58.4 Å². The van der Waals surface area contributed by atoms with Gasteiger partial charge in [-0.05, 0) is 20.0 Å². The minimum atomic E-state index is -0.449. The van der Waals surface area contributed by atoms with E-state index in [-0.39, 0.29) is 6.04 Å². The minimum Gasteiger partial charge on any atom is -0.352 e. The van der Waals surface area contributed by atoms with Crippen LogP contribution in [0.25, 0.3) is 0 Å². The molecule has 0 aliphatic carbocycles. The monoisotopic (exact) mass is 173 g/mol. The van der Waals surface area contributed by atoms with Gasteiger partial charge in [0, 0.05) is 12.6 Å². The zero-order valence-electron chi connectivity index (χ0n) is 8.13. The number of hydrogen-bond donors (Lipinski definition) is 2. The van der Waals surface area contributed by atoms with Crippen molar-refractivity contribution in [3.8, 4) is 0 Å². The molecule has 0 aromatic heterocycles. The van der Waals surface area contributed by atoms with Crippen LogP contribution in [0.5, 0.6) is 0 Å². The Hall–Kier alpha value is -0.770. The summed E-state index contributed by atoms with van der Waals surface area (Å²) >= 11 is 0. The van der Waals surface area contributed by atoms with Crippen LogP contribution < -0.4 is 11.1 Å². The van der Waals surface area contributed by atoms with E-state index in [0.29, 0.717) is 0 Å². The van der Waals surface area contributed by atoms with Gasteiger partial charge in [-0.3, -0.25) is 0 Å². The highest BCUT2D eigenvalue weighted by molar-refractivity contribution is 5.71. The Balaban J connectivity index is 3.65. The van der Waals surface area contributed by atoms with E-state index in [1.807, 2.05) is 6.92 Å². The maximum Gasteiger partial charge on any atom is 0.312 e. The van der Waals surface area contributed by atoms with Gasteiger partial charge in [0.25, 0.3) is 0 Å². The van der Waals surface area contributed by atoms with Crippen LogP contribution in [0.4, 0.5) is 4.79 Å². The largest absolute Gasteiger partial charge is 0.352 e. The van der Waals surface area contributed by atoms with Crippen molar-refractivity contribution >= 4 is 6.03 Å². The molecule has 0 aromatic rings. The van der Waals surface area contributed by atoms with Crippen molar-refractivity contribution in [1.29, 1.82) is 0 Å². The van der Waals surface area contributed by atoms with Crippen LogP contribution in [0.1, 0.15) is 20.8 Å². The van der Waals surface area contributed by atoms with Crippen molar-refractivity contribution in [1.82, 2.24) is 10.2 Å². The van der Waals surface area contributed by atoms with Crippen LogP contribution in [-0.2, 0) is 0 Å². The molecule has 0 spiro atoms. The molecule has 2 amide bonds. The van der Waals surface area contributed by atoms with Crippen LogP contribution in [0, 0.1) is 0 Å². The third-order valence-electron chi connectivity index (χ3n) is 1.82. The highest BCUT2D eigenvalue weighted by atomic mass is 16.2. The van der Waals surface area contributed by atoms with Crippen molar-refractivity contribution < 1.29 is 4.79 Å². The molecular formula is C8H19N3O. The Labute approximate surface area is 74.1 Å². The Kier molecular flexibility index (Phi) is 5.45. The Bertz CT molecular complexity index is 134. The number of hydrogen-bond acceptors (Lipinski definition) is 2. The van der Waals surface area contributed by atoms with Crippen molar-refractivity contribution in [2.45, 2.75) is 26.8 Å². The molecule has 12 heavy (non-hydrogen) atoms. The molecule has 3 N–H and O–H groups in total. The fourth-order valence-corrected chi connectivity index (χ4v) is 1.16. The second kappa shape index (κ2) is 5.83. The summed E-state index contributed by atoms with van der Waals surface area (Å²) in [5, 5.41) is 2.64. The number of primary amides is 1. The average Bonchev–Trinajstić information content (AvgIpc) is 1.98. The third-order valence-corrected chi connectivity index (χ3v) is 1.82. The first-order valence-corrected chi connectivity index (χ1v) is 4.38. The Morgan fingerprint density at radius 2 is 2.00 bits per heavy atom. The number of urea groups is 1. The third kappa shape index (κ3) is 4.96. The quantitative estimate of drug-likeness (QED) is 0.631. The molecule has 0 rings (SSSR count). The van der Waals surface area contributed by atoms with E-state index in [1.165, 1.54) is 0 Å². The molecule has 0 aromatic carbocycles. The molecule has 0 fully saturated rings. The zero-order chi connectivity index (χ0) is 9.56. The lowest BCUT2D eigenvalue weighted by Crippen LogP contribution is -2.44. The maximum absolute atomic E-state index is 10.5. The van der Waals surface area contributed by atoms with Crippen molar-refractivity contribution in [2.24, 2.45) is 5.73 Å². The predicted octanol–water partition coefficient (Wildman–Crippen LogP) is 0.385. The van der Waals surface area contributed by atoms with Gasteiger partial charge in [0.1, 0.15) is 0 Å². The first kappa shape index (κ1) is 11.2. The van der Waals surface area contributed by atoms with Gasteiger partial charge in [-0.1, -0.05) is 13.8 Å². The number of nitrogens with two attached hydrogens (primary N) is 1. The van der Waals surface area contributed by atoms with Gasteiger partial charge in [0.2, 0.25) is 0 Å². The summed E-state index contributed by atoms with van der Waals surface area (Å²) in [6, 6.07) is -0.322. The van der Waals surface area contributed by atoms with Gasteiger partial charge in [-0.15, -0.1) is 0 Å². The van der Waals surface area contributed by atoms with Crippen LogP contribution in [-0.4, -0.2) is 36.6 Å². The number of amides is 2. The van der Waals surface area contributed by atoms with E-state index in [1.54, 1.807) is 0 Å². The first-order valence-electron chi connectivity index (χ1n) is 4.38. The molecule has 0 aliphatic rings. The second-order valence-electron chi connectivity index (χ2n) is 2.90. The molecule has 0 radical (unpaired) electrons. The molecule has 4 heteroatoms. The molecule has 4 nitrogen and oxygen atoms in total. The first-order chi connectivity index (χ1) is 5.60. The highest BCUT2D eigenvalue weighted by Crippen LogP contribution is 1.90. The number of nitrogens with one attached hydrogen (secondary N) is 1. The SMILES string of the molecule is CCN(CC)CC(C)NC(N)=O. The maximum atomic E-state index is 10.5. The number of rotatable bonds is 5. The smallest absolute Gasteiger partial charge is 0.312 e. The van der Waals surface area contributed by atoms with Gasteiger partial charge in [-0.2, -0.15) is 0 Å². The molecule has 0 aliphatic heterocycles. The number of carbonyl (C=O) groups excluding carboxylic acids is 1. The van der Waals surface area contributed by atoms with Gasteiger partial charge >= 0.3 is 6.03 Å². The molecule has 1 unspecified atom stereocenters. The van der Waals surface area contributed by atoms with Gasteiger partial charge in [0.15, 0.2) is 0 Å². The molecule has 0 heterocycles. The van der Waals surface area contributed by atoms with Gasteiger partial charge in [-0.25, -0.2) is 4.79 Å². The number of nitrogens with zero attached hydrogens (tertiary/aromatic N) is 1. The summed E-state index contributed by atoms with van der Waals surface area (Å²) in [4.78, 5) is 12.7. The van der Waals surface area contributed by atoms with Crippen molar-refractivity contribution in [2.75, 3.05) is 19.6 Å². The van der Waals surface area contributed by atoms with Gasteiger partial charge in [0.05, 0.1) is 0 Å². The van der Waals surface area contributed by atoms with Crippen LogP contribution in [0.15, 0.2) is 0 Å². The molecular weight excluding hydrogens is 154 g/mol. The van der Waals surface area contributed by atoms with E-state index in [2.05, 4.69) is 24.1 Å².